The Hall–Kier alpha value is -1.50. The van der Waals surface area contributed by atoms with Crippen molar-refractivity contribution in [2.24, 2.45) is 0 Å². The second kappa shape index (κ2) is 7.49. The quantitative estimate of drug-likeness (QED) is 0.784. The summed E-state index contributed by atoms with van der Waals surface area (Å²) in [6.07, 6.45) is -0.515. The highest BCUT2D eigenvalue weighted by molar-refractivity contribution is 7.88. The van der Waals surface area contributed by atoms with E-state index in [0.717, 1.165) is 23.8 Å². The lowest BCUT2D eigenvalue weighted by molar-refractivity contribution is -0.137. The molecule has 0 saturated carbocycles. The van der Waals surface area contributed by atoms with E-state index in [1.807, 2.05) is 0 Å². The summed E-state index contributed by atoms with van der Waals surface area (Å²) in [5.74, 6) is 0.0420. The summed E-state index contributed by atoms with van der Waals surface area (Å²) in [5, 5.41) is 2.99. The zero-order valence-electron chi connectivity index (χ0n) is 14.0. The lowest BCUT2D eigenvalue weighted by Crippen LogP contribution is -2.42. The first-order chi connectivity index (χ1) is 12.5. The Morgan fingerprint density at radius 3 is 2.44 bits per heavy atom. The molecule has 1 saturated heterocycles. The summed E-state index contributed by atoms with van der Waals surface area (Å²) >= 11 is 6.63. The van der Waals surface area contributed by atoms with Gasteiger partial charge in [0.25, 0.3) is 0 Å². The number of nitrogens with zero attached hydrogens (tertiary/aromatic N) is 4. The molecule has 0 bridgehead atoms. The normalized spacial score (nSPS) is 17.2. The van der Waals surface area contributed by atoms with Gasteiger partial charge in [0, 0.05) is 31.5 Å². The van der Waals surface area contributed by atoms with Gasteiger partial charge in [-0.15, -0.1) is 11.3 Å². The van der Waals surface area contributed by atoms with Crippen LogP contribution in [0.3, 0.4) is 0 Å². The van der Waals surface area contributed by atoms with Gasteiger partial charge in [0.2, 0.25) is 16.0 Å². The predicted octanol–water partition coefficient (Wildman–Crippen LogP) is 3.11. The highest BCUT2D eigenvalue weighted by Gasteiger charge is 2.36. The maximum absolute atomic E-state index is 13.3. The monoisotopic (exact) mass is 441 g/mol. The highest BCUT2D eigenvalue weighted by Crippen LogP contribution is 2.38. The number of halogens is 4. The van der Waals surface area contributed by atoms with E-state index in [1.54, 1.807) is 0 Å². The minimum absolute atomic E-state index is 0.0420. The molecule has 0 aliphatic carbocycles. The molecule has 0 radical (unpaired) electrons. The van der Waals surface area contributed by atoms with E-state index >= 15 is 0 Å². The van der Waals surface area contributed by atoms with E-state index in [2.05, 4.69) is 20.3 Å². The predicted molar refractivity (Wildman–Crippen MR) is 96.2 cm³/mol. The van der Waals surface area contributed by atoms with Crippen molar-refractivity contribution in [2.45, 2.75) is 25.1 Å². The van der Waals surface area contributed by atoms with Gasteiger partial charge in [-0.3, -0.25) is 0 Å². The Balaban J connectivity index is 1.81. The van der Waals surface area contributed by atoms with Gasteiger partial charge in [-0.05, 0) is 12.8 Å². The lowest BCUT2D eigenvalue weighted by Gasteiger charge is -2.30. The minimum Gasteiger partial charge on any atom is -0.351 e. The number of aromatic nitrogens is 3. The maximum Gasteiger partial charge on any atom is 0.420 e. The summed E-state index contributed by atoms with van der Waals surface area (Å²) in [6.45, 7) is 0.656. The number of rotatable bonds is 4. The number of nitrogens with one attached hydrogen (secondary N) is 1. The van der Waals surface area contributed by atoms with Crippen LogP contribution < -0.4 is 5.32 Å². The molecule has 148 valence electrons. The van der Waals surface area contributed by atoms with E-state index in [0.29, 0.717) is 25.9 Å². The van der Waals surface area contributed by atoms with Crippen molar-refractivity contribution < 1.29 is 21.6 Å². The summed E-state index contributed by atoms with van der Waals surface area (Å²) < 4.78 is 64.4. The largest absolute Gasteiger partial charge is 0.420 e. The third kappa shape index (κ3) is 4.86. The molecule has 2 aromatic heterocycles. The molecule has 27 heavy (non-hydrogen) atoms. The van der Waals surface area contributed by atoms with Crippen LogP contribution in [0.15, 0.2) is 12.4 Å². The first-order valence-electron chi connectivity index (χ1n) is 7.81. The number of hydrogen-bond acceptors (Lipinski definition) is 7. The molecule has 0 amide bonds. The molecule has 7 nitrogen and oxygen atoms in total. The van der Waals surface area contributed by atoms with E-state index in [9.17, 15) is 21.6 Å². The minimum atomic E-state index is -4.62. The smallest absolute Gasteiger partial charge is 0.351 e. The molecule has 1 aliphatic heterocycles. The van der Waals surface area contributed by atoms with Gasteiger partial charge in [0.15, 0.2) is 4.47 Å². The number of alkyl halides is 3. The number of anilines is 1. The molecule has 3 heterocycles. The van der Waals surface area contributed by atoms with Crippen molar-refractivity contribution in [1.82, 2.24) is 19.3 Å². The number of hydrogen-bond donors (Lipinski definition) is 1. The van der Waals surface area contributed by atoms with Gasteiger partial charge >= 0.3 is 6.18 Å². The van der Waals surface area contributed by atoms with Gasteiger partial charge in [-0.25, -0.2) is 27.7 Å². The van der Waals surface area contributed by atoms with E-state index in [4.69, 9.17) is 11.6 Å². The fourth-order valence-corrected chi connectivity index (χ4v) is 4.54. The van der Waals surface area contributed by atoms with Crippen molar-refractivity contribution in [3.8, 4) is 10.6 Å². The van der Waals surface area contributed by atoms with Crippen molar-refractivity contribution >= 4 is 38.9 Å². The molecule has 0 spiro atoms. The Kier molecular flexibility index (Phi) is 5.62. The molecular weight excluding hydrogens is 427 g/mol. The van der Waals surface area contributed by atoms with Crippen LogP contribution in [0.25, 0.3) is 10.6 Å². The van der Waals surface area contributed by atoms with Crippen LogP contribution in [0.2, 0.25) is 4.47 Å². The number of sulfonamides is 1. The number of thiazole rings is 1. The molecule has 2 aromatic rings. The molecule has 0 aromatic carbocycles. The van der Waals surface area contributed by atoms with Crippen LogP contribution in [0.4, 0.5) is 19.1 Å². The molecule has 3 rings (SSSR count). The second-order valence-electron chi connectivity index (χ2n) is 6.01. The summed E-state index contributed by atoms with van der Waals surface area (Å²) in [5.41, 5.74) is -1.27. The van der Waals surface area contributed by atoms with E-state index in [1.165, 1.54) is 10.5 Å². The van der Waals surface area contributed by atoms with Gasteiger partial charge in [0.1, 0.15) is 5.56 Å². The fraction of sp³-hybridized carbons (Fsp3) is 0.500. The molecule has 0 atom stereocenters. The van der Waals surface area contributed by atoms with Crippen LogP contribution >= 0.6 is 22.9 Å². The summed E-state index contributed by atoms with van der Waals surface area (Å²) in [4.78, 5) is 11.8. The van der Waals surface area contributed by atoms with Gasteiger partial charge in [-0.1, -0.05) is 11.6 Å². The van der Waals surface area contributed by atoms with Crippen LogP contribution in [0.1, 0.15) is 18.4 Å². The Morgan fingerprint density at radius 2 is 1.93 bits per heavy atom. The molecule has 1 aliphatic rings. The van der Waals surface area contributed by atoms with Crippen molar-refractivity contribution in [2.75, 3.05) is 24.7 Å². The summed E-state index contributed by atoms with van der Waals surface area (Å²) in [7, 11) is -3.25. The highest BCUT2D eigenvalue weighted by atomic mass is 35.5. The molecule has 1 N–H and O–H groups in total. The van der Waals surface area contributed by atoms with Crippen molar-refractivity contribution in [3.63, 3.8) is 0 Å². The van der Waals surface area contributed by atoms with Crippen LogP contribution in [-0.2, 0) is 16.2 Å². The summed E-state index contributed by atoms with van der Waals surface area (Å²) in [6, 6.07) is -0.141. The van der Waals surface area contributed by atoms with Crippen molar-refractivity contribution in [1.29, 1.82) is 0 Å². The number of piperidine rings is 1. The van der Waals surface area contributed by atoms with Crippen LogP contribution in [0.5, 0.6) is 0 Å². The molecular formula is C14H15ClF3N5O2S2. The van der Waals surface area contributed by atoms with Gasteiger partial charge in [0.05, 0.1) is 16.8 Å². The standard InChI is InChI=1S/C14H15ClF3N5O2S2/c1-27(24,25)23-4-2-8(3-5-23)21-13-20-6-9(14(16,17)18)11(22-13)10-7-19-12(15)26-10/h6-8H,2-5H2,1H3,(H,20,21,22). The molecule has 13 heteroatoms. The maximum atomic E-state index is 13.3. The zero-order valence-corrected chi connectivity index (χ0v) is 16.4. The molecule has 1 fully saturated rings. The SMILES string of the molecule is CS(=O)(=O)N1CCC(Nc2ncc(C(F)(F)F)c(-c3cnc(Cl)s3)n2)CC1. The Labute approximate surface area is 162 Å². The first-order valence-corrected chi connectivity index (χ1v) is 10.9. The molecule has 0 unspecified atom stereocenters. The van der Waals surface area contributed by atoms with Gasteiger partial charge in [-0.2, -0.15) is 13.2 Å². The topological polar surface area (TPSA) is 88.1 Å². The third-order valence-corrected chi connectivity index (χ3v) is 6.49. The van der Waals surface area contributed by atoms with E-state index < -0.39 is 21.8 Å². The average molecular weight is 442 g/mol. The van der Waals surface area contributed by atoms with Gasteiger partial charge < -0.3 is 5.32 Å². The van der Waals surface area contributed by atoms with Crippen LogP contribution in [-0.4, -0.2) is 53.1 Å². The van der Waals surface area contributed by atoms with Crippen LogP contribution in [0, 0.1) is 0 Å². The Bertz CT molecular complexity index is 927. The third-order valence-electron chi connectivity index (χ3n) is 4.06. The average Bonchev–Trinajstić information content (AvgIpc) is 3.00. The van der Waals surface area contributed by atoms with E-state index in [-0.39, 0.29) is 27.0 Å². The fourth-order valence-electron chi connectivity index (χ4n) is 2.72. The Morgan fingerprint density at radius 1 is 1.26 bits per heavy atom. The lowest BCUT2D eigenvalue weighted by atomic mass is 10.1. The first kappa shape index (κ1) is 20.2. The zero-order chi connectivity index (χ0) is 19.8. The van der Waals surface area contributed by atoms with Crippen molar-refractivity contribution in [3.05, 3.63) is 22.4 Å². The second-order valence-corrected chi connectivity index (χ2v) is 9.61.